The monoisotopic (exact) mass is 308 g/mol. The molecule has 0 fully saturated rings. The molecule has 0 atom stereocenters. The molecule has 1 aromatic rings. The van der Waals surface area contributed by atoms with Gasteiger partial charge in [-0.3, -0.25) is 9.59 Å². The van der Waals surface area contributed by atoms with Crippen LogP contribution in [0, 0.1) is 5.92 Å². The number of ether oxygens (including phenoxy) is 1. The third-order valence-electron chi connectivity index (χ3n) is 3.91. The molecule has 1 aromatic carbocycles. The van der Waals surface area contributed by atoms with E-state index in [1.54, 1.807) is 7.11 Å². The van der Waals surface area contributed by atoms with Crippen molar-refractivity contribution >= 4 is 11.8 Å². The van der Waals surface area contributed by atoms with Crippen LogP contribution in [0.15, 0.2) is 18.2 Å². The summed E-state index contributed by atoms with van der Waals surface area (Å²) in [6.45, 7) is 7.10. The van der Waals surface area contributed by atoms with Gasteiger partial charge in [-0.2, -0.15) is 0 Å². The van der Waals surface area contributed by atoms with E-state index in [0.717, 1.165) is 36.5 Å². The normalized spacial score (nSPS) is 11.0. The predicted molar refractivity (Wildman–Crippen MR) is 84.3 cm³/mol. The fourth-order valence-electron chi connectivity index (χ4n) is 2.44. The van der Waals surface area contributed by atoms with Gasteiger partial charge < -0.3 is 21.1 Å². The molecule has 0 aliphatic rings. The zero-order valence-electron chi connectivity index (χ0n) is 13.5. The van der Waals surface area contributed by atoms with E-state index in [9.17, 15) is 9.59 Å². The molecule has 0 bridgehead atoms. The second kappa shape index (κ2) is 8.38. The first kappa shape index (κ1) is 18.0. The van der Waals surface area contributed by atoms with Crippen LogP contribution in [0.5, 0.6) is 5.75 Å². The third kappa shape index (κ3) is 4.73. The summed E-state index contributed by atoms with van der Waals surface area (Å²) in [5.74, 6) is -1.57. The van der Waals surface area contributed by atoms with Crippen LogP contribution >= 0.6 is 0 Å². The number of quaternary nitrogens is 1. The largest absolute Gasteiger partial charge is 0.496 e. The average Bonchev–Trinajstić information content (AvgIpc) is 2.49. The number of nitrogens with one attached hydrogen (secondary N) is 1. The minimum absolute atomic E-state index is 0.218. The van der Waals surface area contributed by atoms with E-state index in [2.05, 4.69) is 13.8 Å². The lowest BCUT2D eigenvalue weighted by Gasteiger charge is -2.18. The predicted octanol–water partition coefficient (Wildman–Crippen LogP) is -0.751. The minimum atomic E-state index is -0.984. The molecule has 0 saturated carbocycles. The molecule has 6 heteroatoms. The van der Waals surface area contributed by atoms with Gasteiger partial charge in [0.15, 0.2) is 0 Å². The molecular weight excluding hydrogens is 282 g/mol. The fraction of sp³-hybridized carbons (Fsp3) is 0.500. The first-order valence-corrected chi connectivity index (χ1v) is 7.50. The lowest BCUT2D eigenvalue weighted by Crippen LogP contribution is -3.10. The van der Waals surface area contributed by atoms with Gasteiger partial charge in [0, 0.05) is 5.56 Å². The molecule has 122 valence electrons. The number of primary amides is 2. The smallest absolute Gasteiger partial charge is 0.230 e. The van der Waals surface area contributed by atoms with Crippen molar-refractivity contribution in [1.82, 2.24) is 0 Å². The zero-order chi connectivity index (χ0) is 16.7. The maximum atomic E-state index is 11.3. The van der Waals surface area contributed by atoms with Crippen molar-refractivity contribution in [2.45, 2.75) is 26.8 Å². The Balaban J connectivity index is 3.03. The number of nitrogens with two attached hydrogens (primary N) is 2. The molecule has 0 spiro atoms. The van der Waals surface area contributed by atoms with Gasteiger partial charge in [0.25, 0.3) is 0 Å². The SMILES string of the molecule is CC[NH+](CC)Cc1cc(CC(C(N)=O)C(N)=O)ccc1OC. The Bertz CT molecular complexity index is 513. The Morgan fingerprint density at radius 1 is 1.18 bits per heavy atom. The van der Waals surface area contributed by atoms with Gasteiger partial charge >= 0.3 is 0 Å². The highest BCUT2D eigenvalue weighted by molar-refractivity contribution is 5.99. The number of hydrogen-bond donors (Lipinski definition) is 3. The van der Waals surface area contributed by atoms with Crippen LogP contribution < -0.4 is 21.1 Å². The van der Waals surface area contributed by atoms with Gasteiger partial charge in [0.2, 0.25) is 11.8 Å². The summed E-state index contributed by atoms with van der Waals surface area (Å²) in [6.07, 6.45) is 0.218. The molecule has 0 aromatic heterocycles. The number of methoxy groups -OCH3 is 1. The molecule has 0 aliphatic heterocycles. The van der Waals surface area contributed by atoms with Crippen LogP contribution in [-0.4, -0.2) is 32.0 Å². The maximum absolute atomic E-state index is 11.3. The molecule has 0 aliphatic carbocycles. The Morgan fingerprint density at radius 3 is 2.23 bits per heavy atom. The lowest BCUT2D eigenvalue weighted by molar-refractivity contribution is -0.910. The second-order valence-electron chi connectivity index (χ2n) is 5.34. The topological polar surface area (TPSA) is 99.9 Å². The van der Waals surface area contributed by atoms with Gasteiger partial charge in [-0.05, 0) is 38.0 Å². The van der Waals surface area contributed by atoms with Crippen LogP contribution in [0.1, 0.15) is 25.0 Å². The van der Waals surface area contributed by atoms with Crippen molar-refractivity contribution in [3.8, 4) is 5.75 Å². The van der Waals surface area contributed by atoms with Gasteiger partial charge in [0.1, 0.15) is 18.2 Å². The highest BCUT2D eigenvalue weighted by Gasteiger charge is 2.22. The summed E-state index contributed by atoms with van der Waals surface area (Å²) >= 11 is 0. The molecule has 22 heavy (non-hydrogen) atoms. The Hall–Kier alpha value is -2.08. The fourth-order valence-corrected chi connectivity index (χ4v) is 2.44. The number of hydrogen-bond acceptors (Lipinski definition) is 3. The molecule has 5 N–H and O–H groups in total. The van der Waals surface area contributed by atoms with Crippen molar-refractivity contribution in [2.24, 2.45) is 17.4 Å². The van der Waals surface area contributed by atoms with Crippen LogP contribution in [0.4, 0.5) is 0 Å². The molecule has 6 nitrogen and oxygen atoms in total. The van der Waals surface area contributed by atoms with Gasteiger partial charge in [-0.1, -0.05) is 6.07 Å². The summed E-state index contributed by atoms with van der Waals surface area (Å²) in [6, 6.07) is 5.65. The molecule has 0 saturated heterocycles. The van der Waals surface area contributed by atoms with E-state index in [-0.39, 0.29) is 6.42 Å². The average molecular weight is 308 g/mol. The number of rotatable bonds is 9. The minimum Gasteiger partial charge on any atom is -0.496 e. The van der Waals surface area contributed by atoms with Gasteiger partial charge in [-0.25, -0.2) is 0 Å². The Labute approximate surface area is 131 Å². The van der Waals surface area contributed by atoms with E-state index in [1.807, 2.05) is 18.2 Å². The van der Waals surface area contributed by atoms with Crippen LogP contribution in [0.2, 0.25) is 0 Å². The lowest BCUT2D eigenvalue weighted by atomic mass is 9.96. The van der Waals surface area contributed by atoms with E-state index in [0.29, 0.717) is 0 Å². The number of amides is 2. The first-order chi connectivity index (χ1) is 10.4. The molecule has 0 heterocycles. The molecule has 0 radical (unpaired) electrons. The number of carbonyl (C=O) groups is 2. The van der Waals surface area contributed by atoms with Crippen molar-refractivity contribution in [2.75, 3.05) is 20.2 Å². The van der Waals surface area contributed by atoms with Crippen molar-refractivity contribution < 1.29 is 19.2 Å². The van der Waals surface area contributed by atoms with E-state index in [4.69, 9.17) is 16.2 Å². The maximum Gasteiger partial charge on any atom is 0.230 e. The summed E-state index contributed by atoms with van der Waals surface area (Å²) in [5.41, 5.74) is 12.4. The molecule has 1 rings (SSSR count). The highest BCUT2D eigenvalue weighted by Crippen LogP contribution is 2.21. The van der Waals surface area contributed by atoms with E-state index < -0.39 is 17.7 Å². The van der Waals surface area contributed by atoms with Crippen molar-refractivity contribution in [3.05, 3.63) is 29.3 Å². The zero-order valence-corrected chi connectivity index (χ0v) is 13.5. The van der Waals surface area contributed by atoms with Crippen molar-refractivity contribution in [3.63, 3.8) is 0 Å². The molecule has 2 amide bonds. The highest BCUT2D eigenvalue weighted by atomic mass is 16.5. The standard InChI is InChI=1S/C16H25N3O3/c1-4-19(5-2)10-12-8-11(6-7-14(12)22-3)9-13(15(17)20)16(18)21/h6-8,13H,4-5,9-10H2,1-3H3,(H2,17,20)(H2,18,21)/p+1. The van der Waals surface area contributed by atoms with Crippen LogP contribution in [0.3, 0.4) is 0 Å². The summed E-state index contributed by atoms with van der Waals surface area (Å²) in [5, 5.41) is 0. The summed E-state index contributed by atoms with van der Waals surface area (Å²) < 4.78 is 5.39. The second-order valence-corrected chi connectivity index (χ2v) is 5.34. The van der Waals surface area contributed by atoms with Gasteiger partial charge in [-0.15, -0.1) is 0 Å². The van der Waals surface area contributed by atoms with E-state index in [1.165, 1.54) is 4.90 Å². The summed E-state index contributed by atoms with van der Waals surface area (Å²) in [4.78, 5) is 24.0. The summed E-state index contributed by atoms with van der Waals surface area (Å²) in [7, 11) is 1.63. The van der Waals surface area contributed by atoms with E-state index >= 15 is 0 Å². The third-order valence-corrected chi connectivity index (χ3v) is 3.91. The van der Waals surface area contributed by atoms with Crippen molar-refractivity contribution in [1.29, 1.82) is 0 Å². The molecule has 0 unspecified atom stereocenters. The number of carbonyl (C=O) groups excluding carboxylic acids is 2. The molecular formula is C16H26N3O3+. The first-order valence-electron chi connectivity index (χ1n) is 7.50. The van der Waals surface area contributed by atoms with Crippen LogP contribution in [-0.2, 0) is 22.6 Å². The number of benzene rings is 1. The quantitative estimate of drug-likeness (QED) is 0.523. The Morgan fingerprint density at radius 2 is 1.77 bits per heavy atom. The van der Waals surface area contributed by atoms with Crippen LogP contribution in [0.25, 0.3) is 0 Å². The Kier molecular flexibility index (Phi) is 6.85. The van der Waals surface area contributed by atoms with Gasteiger partial charge in [0.05, 0.1) is 20.2 Å².